The fourth-order valence-electron chi connectivity index (χ4n) is 3.41. The fourth-order valence-corrected chi connectivity index (χ4v) is 3.41. The first-order valence-electron chi connectivity index (χ1n) is 7.83. The summed E-state index contributed by atoms with van der Waals surface area (Å²) in [7, 11) is 0. The number of aromatic hydroxyl groups is 1. The number of benzene rings is 2. The Morgan fingerprint density at radius 3 is 2.80 bits per heavy atom. The quantitative estimate of drug-likeness (QED) is 0.804. The highest BCUT2D eigenvalue weighted by molar-refractivity contribution is 6.26. The van der Waals surface area contributed by atoms with Crippen LogP contribution in [0.5, 0.6) is 5.75 Å². The summed E-state index contributed by atoms with van der Waals surface area (Å²) in [4.78, 5) is 36.8. The van der Waals surface area contributed by atoms with Gasteiger partial charge in [-0.2, -0.15) is 0 Å². The summed E-state index contributed by atoms with van der Waals surface area (Å²) >= 11 is 0. The van der Waals surface area contributed by atoms with E-state index in [9.17, 15) is 19.5 Å². The van der Waals surface area contributed by atoms with Crippen molar-refractivity contribution in [3.8, 4) is 5.75 Å². The lowest BCUT2D eigenvalue weighted by Crippen LogP contribution is -2.37. The molecule has 2 unspecified atom stereocenters. The van der Waals surface area contributed by atoms with Gasteiger partial charge in [-0.3, -0.25) is 14.4 Å². The van der Waals surface area contributed by atoms with E-state index in [2.05, 4.69) is 0 Å². The van der Waals surface area contributed by atoms with Gasteiger partial charge in [0, 0.05) is 29.9 Å². The van der Waals surface area contributed by atoms with Crippen LogP contribution in [0.2, 0.25) is 0 Å². The van der Waals surface area contributed by atoms with Crippen LogP contribution in [0.15, 0.2) is 42.2 Å². The molecule has 1 N–H and O–H groups in total. The van der Waals surface area contributed by atoms with Crippen LogP contribution in [0.4, 0.5) is 0 Å². The van der Waals surface area contributed by atoms with Gasteiger partial charge in [0.2, 0.25) is 6.29 Å². The van der Waals surface area contributed by atoms with Gasteiger partial charge in [-0.1, -0.05) is 24.3 Å². The summed E-state index contributed by atoms with van der Waals surface area (Å²) in [6.45, 7) is 1.25. The second-order valence-corrected chi connectivity index (χ2v) is 6.10. The zero-order chi connectivity index (χ0) is 17.7. The van der Waals surface area contributed by atoms with E-state index in [1.54, 1.807) is 30.3 Å². The molecule has 0 saturated heterocycles. The number of phenolic OH excluding ortho intramolecular Hbond substituents is 1. The highest BCUT2D eigenvalue weighted by Gasteiger charge is 2.43. The third-order valence-corrected chi connectivity index (χ3v) is 4.54. The van der Waals surface area contributed by atoms with E-state index >= 15 is 0 Å². The molecule has 0 saturated carbocycles. The predicted molar refractivity (Wildman–Crippen MR) is 87.1 cm³/mol. The van der Waals surface area contributed by atoms with E-state index in [0.29, 0.717) is 10.8 Å². The van der Waals surface area contributed by atoms with Gasteiger partial charge in [-0.25, -0.2) is 0 Å². The minimum atomic E-state index is -0.904. The molecule has 2 aromatic rings. The van der Waals surface area contributed by atoms with E-state index in [0.717, 1.165) is 0 Å². The summed E-state index contributed by atoms with van der Waals surface area (Å²) in [6, 6.07) is 8.62. The van der Waals surface area contributed by atoms with E-state index in [4.69, 9.17) is 9.47 Å². The van der Waals surface area contributed by atoms with Gasteiger partial charge < -0.3 is 14.6 Å². The van der Waals surface area contributed by atoms with Gasteiger partial charge in [0.15, 0.2) is 11.6 Å². The van der Waals surface area contributed by atoms with E-state index < -0.39 is 24.0 Å². The van der Waals surface area contributed by atoms with Crippen LogP contribution >= 0.6 is 0 Å². The van der Waals surface area contributed by atoms with E-state index in [1.165, 1.54) is 13.2 Å². The molecule has 1 aliphatic carbocycles. The van der Waals surface area contributed by atoms with Crippen molar-refractivity contribution < 1.29 is 29.0 Å². The van der Waals surface area contributed by atoms with E-state index in [-0.39, 0.29) is 34.7 Å². The molecule has 2 aromatic carbocycles. The monoisotopic (exact) mass is 338 g/mol. The zero-order valence-electron chi connectivity index (χ0n) is 13.3. The molecule has 1 aliphatic heterocycles. The first-order valence-corrected chi connectivity index (χ1v) is 7.83. The summed E-state index contributed by atoms with van der Waals surface area (Å²) in [5.74, 6) is -2.21. The Morgan fingerprint density at radius 1 is 1.28 bits per heavy atom. The molecule has 126 valence electrons. The minimum absolute atomic E-state index is 0.000682. The lowest BCUT2D eigenvalue weighted by atomic mass is 9.75. The molecule has 0 aromatic heterocycles. The van der Waals surface area contributed by atoms with Crippen molar-refractivity contribution in [1.29, 1.82) is 0 Å². The average molecular weight is 338 g/mol. The number of rotatable bonds is 1. The number of phenols is 1. The number of carbonyl (C=O) groups is 3. The van der Waals surface area contributed by atoms with Gasteiger partial charge in [0.25, 0.3) is 0 Å². The van der Waals surface area contributed by atoms with Crippen molar-refractivity contribution in [2.24, 2.45) is 5.92 Å². The van der Waals surface area contributed by atoms with Crippen molar-refractivity contribution >= 4 is 28.3 Å². The van der Waals surface area contributed by atoms with Crippen molar-refractivity contribution in [3.05, 3.63) is 53.3 Å². The fraction of sp³-hybridized carbons (Fsp3) is 0.211. The summed E-state index contributed by atoms with van der Waals surface area (Å²) < 4.78 is 10.2. The summed E-state index contributed by atoms with van der Waals surface area (Å²) in [5, 5.41) is 11.7. The molecule has 6 heteroatoms. The van der Waals surface area contributed by atoms with Crippen LogP contribution in [0.25, 0.3) is 10.8 Å². The van der Waals surface area contributed by atoms with Crippen molar-refractivity contribution in [2.75, 3.05) is 0 Å². The lowest BCUT2D eigenvalue weighted by molar-refractivity contribution is -0.170. The van der Waals surface area contributed by atoms with Gasteiger partial charge in [0.05, 0.1) is 17.7 Å². The molecular weight excluding hydrogens is 324 g/mol. The lowest BCUT2D eigenvalue weighted by Gasteiger charge is -2.32. The first-order chi connectivity index (χ1) is 12.0. The topological polar surface area (TPSA) is 89.9 Å². The van der Waals surface area contributed by atoms with Crippen molar-refractivity contribution in [2.45, 2.75) is 19.6 Å². The Bertz CT molecular complexity index is 971. The molecule has 0 fully saturated rings. The third-order valence-electron chi connectivity index (χ3n) is 4.54. The molecule has 25 heavy (non-hydrogen) atoms. The Hall–Kier alpha value is -3.15. The number of hydrogen-bond donors (Lipinski definition) is 1. The third kappa shape index (κ3) is 2.29. The number of ether oxygens (including phenoxy) is 2. The highest BCUT2D eigenvalue weighted by Crippen LogP contribution is 2.42. The Labute approximate surface area is 142 Å². The van der Waals surface area contributed by atoms with E-state index in [1.807, 2.05) is 0 Å². The molecular formula is C19H14O6. The smallest absolute Gasteiger partial charge is 0.305 e. The molecule has 6 nitrogen and oxygen atoms in total. The van der Waals surface area contributed by atoms with Gasteiger partial charge >= 0.3 is 5.97 Å². The molecule has 2 atom stereocenters. The van der Waals surface area contributed by atoms with Crippen LogP contribution in [0.3, 0.4) is 0 Å². The maximum Gasteiger partial charge on any atom is 0.305 e. The maximum absolute atomic E-state index is 12.9. The number of allylic oxidation sites excluding steroid dienone is 1. The highest BCUT2D eigenvalue weighted by atomic mass is 16.7. The Balaban J connectivity index is 1.85. The number of hydrogen-bond acceptors (Lipinski definition) is 6. The molecule has 0 bridgehead atoms. The standard InChI is InChI=1S/C19H14O6/c1-9(20)25-15-7-12-14(8-24-15)19(23)16-13(17(12)21)6-10-4-2-3-5-11(10)18(16)22/h2-6,8,12,15,22H,7H2,1H3. The second-order valence-electron chi connectivity index (χ2n) is 6.10. The Morgan fingerprint density at radius 2 is 2.04 bits per heavy atom. The van der Waals surface area contributed by atoms with Gasteiger partial charge in [-0.15, -0.1) is 0 Å². The van der Waals surface area contributed by atoms with Crippen molar-refractivity contribution in [3.63, 3.8) is 0 Å². The molecule has 0 radical (unpaired) electrons. The van der Waals surface area contributed by atoms with Crippen molar-refractivity contribution in [1.82, 2.24) is 0 Å². The van der Waals surface area contributed by atoms with Crippen LogP contribution in [-0.4, -0.2) is 28.9 Å². The number of ketones is 2. The average Bonchev–Trinajstić information content (AvgIpc) is 2.59. The predicted octanol–water partition coefficient (Wildman–Crippen LogP) is 2.73. The van der Waals surface area contributed by atoms with Crippen LogP contribution in [-0.2, 0) is 14.3 Å². The minimum Gasteiger partial charge on any atom is -0.507 e. The molecule has 0 amide bonds. The number of fused-ring (bicyclic) bond motifs is 3. The number of carbonyl (C=O) groups excluding carboxylic acids is 3. The van der Waals surface area contributed by atoms with Gasteiger partial charge in [-0.05, 0) is 11.5 Å². The summed E-state index contributed by atoms with van der Waals surface area (Å²) in [6.07, 6.45) is 0.335. The van der Waals surface area contributed by atoms with Gasteiger partial charge in [0.1, 0.15) is 5.75 Å². The van der Waals surface area contributed by atoms with Crippen LogP contribution in [0.1, 0.15) is 34.1 Å². The molecule has 2 aliphatic rings. The normalized spacial score (nSPS) is 21.9. The largest absolute Gasteiger partial charge is 0.507 e. The SMILES string of the molecule is CC(=O)OC1CC2C(=O)c3cc4ccccc4c(O)c3C(=O)C2=CO1. The molecule has 0 spiro atoms. The molecule has 1 heterocycles. The zero-order valence-corrected chi connectivity index (χ0v) is 13.3. The number of esters is 1. The second kappa shape index (κ2) is 5.44. The Kier molecular flexibility index (Phi) is 3.35. The maximum atomic E-state index is 12.9. The van der Waals surface area contributed by atoms with Crippen LogP contribution in [0, 0.1) is 5.92 Å². The van der Waals surface area contributed by atoms with Crippen LogP contribution < -0.4 is 0 Å². The first kappa shape index (κ1) is 15.4. The number of Topliss-reactive ketones (excluding diaryl/α,β-unsaturated/α-hetero) is 2. The summed E-state index contributed by atoms with van der Waals surface area (Å²) in [5.41, 5.74) is 0.360. The molecule has 4 rings (SSSR count).